The lowest BCUT2D eigenvalue weighted by Gasteiger charge is -2.29. The van der Waals surface area contributed by atoms with E-state index in [1.165, 1.54) is 12.0 Å². The van der Waals surface area contributed by atoms with Gasteiger partial charge in [0.1, 0.15) is 11.5 Å². The van der Waals surface area contributed by atoms with Crippen LogP contribution in [0, 0.1) is 6.92 Å². The molecule has 1 aromatic carbocycles. The first kappa shape index (κ1) is 13.0. The van der Waals surface area contributed by atoms with Gasteiger partial charge < -0.3 is 19.7 Å². The average Bonchev–Trinajstić information content (AvgIpc) is 2.90. The number of hydrogen-bond donors (Lipinski definition) is 1. The molecule has 100 valence electrons. The first-order valence-electron chi connectivity index (χ1n) is 6.33. The summed E-state index contributed by atoms with van der Waals surface area (Å²) in [5.74, 6) is 1.72. The predicted octanol–water partition coefficient (Wildman–Crippen LogP) is 1.81. The van der Waals surface area contributed by atoms with Crippen LogP contribution in [-0.2, 0) is 0 Å². The molecule has 2 rings (SSSR count). The molecule has 1 aliphatic rings. The first-order valence-corrected chi connectivity index (χ1v) is 6.33. The van der Waals surface area contributed by atoms with Crippen LogP contribution < -0.4 is 19.7 Å². The normalized spacial score (nSPS) is 18.8. The maximum Gasteiger partial charge on any atom is 0.146 e. The summed E-state index contributed by atoms with van der Waals surface area (Å²) in [6, 6.07) is 4.53. The number of hydrogen-bond acceptors (Lipinski definition) is 4. The second kappa shape index (κ2) is 5.48. The molecule has 1 aliphatic heterocycles. The van der Waals surface area contributed by atoms with Crippen molar-refractivity contribution in [1.82, 2.24) is 5.32 Å². The van der Waals surface area contributed by atoms with Crippen LogP contribution in [0.4, 0.5) is 5.69 Å². The van der Waals surface area contributed by atoms with Crippen molar-refractivity contribution in [1.29, 1.82) is 0 Å². The van der Waals surface area contributed by atoms with Gasteiger partial charge in [-0.1, -0.05) is 0 Å². The number of nitrogens with zero attached hydrogens (tertiary/aromatic N) is 1. The second-order valence-corrected chi connectivity index (χ2v) is 4.75. The molecule has 0 aliphatic carbocycles. The van der Waals surface area contributed by atoms with Gasteiger partial charge in [-0.25, -0.2) is 0 Å². The third-order valence-corrected chi connectivity index (χ3v) is 3.63. The van der Waals surface area contributed by atoms with E-state index < -0.39 is 0 Å². The van der Waals surface area contributed by atoms with Crippen molar-refractivity contribution in [3.05, 3.63) is 17.7 Å². The molecule has 0 radical (unpaired) electrons. The molecule has 0 aromatic heterocycles. The van der Waals surface area contributed by atoms with Gasteiger partial charge in [-0.05, 0) is 31.5 Å². The van der Waals surface area contributed by atoms with E-state index in [1.807, 2.05) is 6.07 Å². The van der Waals surface area contributed by atoms with E-state index in [9.17, 15) is 0 Å². The molecule has 0 saturated carbocycles. The van der Waals surface area contributed by atoms with Crippen LogP contribution in [0.1, 0.15) is 12.0 Å². The number of anilines is 1. The summed E-state index contributed by atoms with van der Waals surface area (Å²) >= 11 is 0. The molecule has 1 saturated heterocycles. The van der Waals surface area contributed by atoms with Crippen molar-refractivity contribution in [2.24, 2.45) is 0 Å². The van der Waals surface area contributed by atoms with Crippen LogP contribution in [-0.4, -0.2) is 40.4 Å². The fraction of sp³-hybridized carbons (Fsp3) is 0.571. The molecular weight excluding hydrogens is 228 g/mol. The highest BCUT2D eigenvalue weighted by molar-refractivity contribution is 5.66. The Morgan fingerprint density at radius 1 is 1.28 bits per heavy atom. The highest BCUT2D eigenvalue weighted by Gasteiger charge is 2.23. The van der Waals surface area contributed by atoms with Gasteiger partial charge in [-0.15, -0.1) is 0 Å². The van der Waals surface area contributed by atoms with Crippen LogP contribution in [0.25, 0.3) is 0 Å². The first-order chi connectivity index (χ1) is 8.67. The number of benzene rings is 1. The molecule has 4 nitrogen and oxygen atoms in total. The molecule has 0 bridgehead atoms. The molecule has 1 fully saturated rings. The van der Waals surface area contributed by atoms with Gasteiger partial charge in [-0.2, -0.15) is 0 Å². The molecule has 1 N–H and O–H groups in total. The number of ether oxygens (including phenoxy) is 2. The number of methoxy groups -OCH3 is 2. The van der Waals surface area contributed by atoms with Crippen LogP contribution in [0.2, 0.25) is 0 Å². The van der Waals surface area contributed by atoms with E-state index in [2.05, 4.69) is 30.3 Å². The largest absolute Gasteiger partial charge is 0.497 e. The van der Waals surface area contributed by atoms with E-state index in [4.69, 9.17) is 9.47 Å². The molecule has 0 amide bonds. The van der Waals surface area contributed by atoms with Crippen molar-refractivity contribution < 1.29 is 9.47 Å². The van der Waals surface area contributed by atoms with Gasteiger partial charge in [-0.3, -0.25) is 0 Å². The fourth-order valence-corrected chi connectivity index (χ4v) is 2.59. The maximum absolute atomic E-state index is 5.51. The smallest absolute Gasteiger partial charge is 0.146 e. The molecule has 1 unspecified atom stereocenters. The Labute approximate surface area is 109 Å². The zero-order chi connectivity index (χ0) is 13.1. The summed E-state index contributed by atoms with van der Waals surface area (Å²) < 4.78 is 10.8. The van der Waals surface area contributed by atoms with Crippen molar-refractivity contribution in [2.45, 2.75) is 19.4 Å². The third-order valence-electron chi connectivity index (χ3n) is 3.63. The maximum atomic E-state index is 5.51. The quantitative estimate of drug-likeness (QED) is 0.883. The molecule has 18 heavy (non-hydrogen) atoms. The third kappa shape index (κ3) is 2.38. The summed E-state index contributed by atoms with van der Waals surface area (Å²) in [7, 11) is 5.52. The van der Waals surface area contributed by atoms with Crippen LogP contribution >= 0.6 is 0 Å². The molecule has 1 aromatic rings. The Morgan fingerprint density at radius 3 is 2.61 bits per heavy atom. The van der Waals surface area contributed by atoms with Crippen molar-refractivity contribution >= 4 is 5.69 Å². The second-order valence-electron chi connectivity index (χ2n) is 4.75. The molecule has 0 spiro atoms. The van der Waals surface area contributed by atoms with Crippen molar-refractivity contribution in [3.63, 3.8) is 0 Å². The van der Waals surface area contributed by atoms with Crippen molar-refractivity contribution in [3.8, 4) is 11.5 Å². The summed E-state index contributed by atoms with van der Waals surface area (Å²) in [6.45, 7) is 4.22. The minimum Gasteiger partial charge on any atom is -0.497 e. The highest BCUT2D eigenvalue weighted by atomic mass is 16.5. The topological polar surface area (TPSA) is 33.7 Å². The van der Waals surface area contributed by atoms with Crippen LogP contribution in [0.3, 0.4) is 0 Å². The van der Waals surface area contributed by atoms with Crippen LogP contribution in [0.5, 0.6) is 11.5 Å². The molecule has 1 heterocycles. The fourth-order valence-electron chi connectivity index (χ4n) is 2.59. The summed E-state index contributed by atoms with van der Waals surface area (Å²) in [5, 5.41) is 3.40. The Balaban J connectivity index is 2.35. The van der Waals surface area contributed by atoms with Gasteiger partial charge in [0.25, 0.3) is 0 Å². The minimum atomic E-state index is 0.533. The SMILES string of the molecule is COc1cc(C)c(N(C)C2CCNC2)c(OC)c1. The predicted molar refractivity (Wildman–Crippen MR) is 74.0 cm³/mol. The highest BCUT2D eigenvalue weighted by Crippen LogP contribution is 2.36. The zero-order valence-electron chi connectivity index (χ0n) is 11.6. The summed E-state index contributed by atoms with van der Waals surface area (Å²) in [6.07, 6.45) is 1.17. The van der Waals surface area contributed by atoms with Crippen molar-refractivity contribution in [2.75, 3.05) is 39.3 Å². The lowest BCUT2D eigenvalue weighted by Crippen LogP contribution is -2.34. The van der Waals surface area contributed by atoms with E-state index >= 15 is 0 Å². The monoisotopic (exact) mass is 250 g/mol. The Bertz CT molecular complexity index is 415. The van der Waals surface area contributed by atoms with E-state index in [0.29, 0.717) is 6.04 Å². The standard InChI is InChI=1S/C14H22N2O2/c1-10-7-12(17-3)8-13(18-4)14(10)16(2)11-5-6-15-9-11/h7-8,11,15H,5-6,9H2,1-4H3. The summed E-state index contributed by atoms with van der Waals surface area (Å²) in [5.41, 5.74) is 2.34. The minimum absolute atomic E-state index is 0.533. The Kier molecular flexibility index (Phi) is 3.97. The number of rotatable bonds is 4. The number of nitrogens with one attached hydrogen (secondary N) is 1. The van der Waals surface area contributed by atoms with Crippen LogP contribution in [0.15, 0.2) is 12.1 Å². The lowest BCUT2D eigenvalue weighted by molar-refractivity contribution is 0.393. The Morgan fingerprint density at radius 2 is 2.06 bits per heavy atom. The van der Waals surface area contributed by atoms with Gasteiger partial charge in [0, 0.05) is 25.7 Å². The summed E-state index contributed by atoms with van der Waals surface area (Å²) in [4.78, 5) is 2.31. The number of likely N-dealkylation sites (N-methyl/N-ethyl adjacent to an activating group) is 1. The van der Waals surface area contributed by atoms with E-state index in [-0.39, 0.29) is 0 Å². The lowest BCUT2D eigenvalue weighted by atomic mass is 10.1. The molecule has 4 heteroatoms. The van der Waals surface area contributed by atoms with E-state index in [0.717, 1.165) is 30.3 Å². The van der Waals surface area contributed by atoms with Gasteiger partial charge in [0.15, 0.2) is 0 Å². The number of aryl methyl sites for hydroxylation is 1. The van der Waals surface area contributed by atoms with E-state index in [1.54, 1.807) is 14.2 Å². The van der Waals surface area contributed by atoms with Gasteiger partial charge in [0.2, 0.25) is 0 Å². The zero-order valence-corrected chi connectivity index (χ0v) is 11.6. The van der Waals surface area contributed by atoms with Gasteiger partial charge in [0.05, 0.1) is 19.9 Å². The average molecular weight is 250 g/mol. The Hall–Kier alpha value is -1.42. The molecular formula is C14H22N2O2. The molecule has 1 atom stereocenters. The van der Waals surface area contributed by atoms with Gasteiger partial charge >= 0.3 is 0 Å².